The van der Waals surface area contributed by atoms with Gasteiger partial charge in [-0.05, 0) is 23.0 Å². The Kier molecular flexibility index (Phi) is 3.39. The van der Waals surface area contributed by atoms with Crippen LogP contribution in [0, 0.1) is 5.41 Å². The maximum atomic E-state index is 2.54. The van der Waals surface area contributed by atoms with Gasteiger partial charge in [0.1, 0.15) is 0 Å². The lowest BCUT2D eigenvalue weighted by Crippen LogP contribution is -2.54. The van der Waals surface area contributed by atoms with Crippen LogP contribution < -0.4 is 0 Å². The van der Waals surface area contributed by atoms with Gasteiger partial charge in [0.15, 0.2) is 0 Å². The Balaban J connectivity index is 1.54. The van der Waals surface area contributed by atoms with Crippen LogP contribution in [-0.2, 0) is 13.0 Å². The molecular formula is C18H21N. The standard InChI is InChI=1S/C18H21N/c1-18(12-16-8-4-2-5-9-16)14-19(15-18)13-17-10-6-3-7-11-17/h2-11H,12-15H2,1H3. The van der Waals surface area contributed by atoms with Crippen molar-refractivity contribution in [3.8, 4) is 0 Å². The first-order chi connectivity index (χ1) is 9.23. The number of nitrogens with zero attached hydrogens (tertiary/aromatic N) is 1. The van der Waals surface area contributed by atoms with Gasteiger partial charge in [-0.1, -0.05) is 67.6 Å². The van der Waals surface area contributed by atoms with E-state index >= 15 is 0 Å². The van der Waals surface area contributed by atoms with Crippen LogP contribution in [-0.4, -0.2) is 18.0 Å². The van der Waals surface area contributed by atoms with E-state index in [1.165, 1.54) is 30.6 Å². The molecule has 1 heterocycles. The van der Waals surface area contributed by atoms with Crippen molar-refractivity contribution < 1.29 is 0 Å². The fraction of sp³-hybridized carbons (Fsp3) is 0.333. The van der Waals surface area contributed by atoms with E-state index in [0.29, 0.717) is 5.41 Å². The first-order valence-electron chi connectivity index (χ1n) is 7.04. The van der Waals surface area contributed by atoms with Gasteiger partial charge in [-0.2, -0.15) is 0 Å². The minimum absolute atomic E-state index is 0.454. The summed E-state index contributed by atoms with van der Waals surface area (Å²) in [5, 5.41) is 0. The lowest BCUT2D eigenvalue weighted by Gasteiger charge is -2.48. The SMILES string of the molecule is CC1(Cc2ccccc2)CN(Cc2ccccc2)C1. The fourth-order valence-electron chi connectivity index (χ4n) is 3.19. The highest BCUT2D eigenvalue weighted by Crippen LogP contribution is 2.34. The van der Waals surface area contributed by atoms with Crippen LogP contribution in [0.15, 0.2) is 60.7 Å². The summed E-state index contributed by atoms with van der Waals surface area (Å²) in [5.41, 5.74) is 3.34. The zero-order chi connectivity index (χ0) is 13.1. The monoisotopic (exact) mass is 251 g/mol. The summed E-state index contributed by atoms with van der Waals surface area (Å²) in [6, 6.07) is 21.6. The van der Waals surface area contributed by atoms with Crippen molar-refractivity contribution in [2.45, 2.75) is 19.9 Å². The molecule has 0 atom stereocenters. The Morgan fingerprint density at radius 3 is 1.95 bits per heavy atom. The molecule has 0 bridgehead atoms. The van der Waals surface area contributed by atoms with Gasteiger partial charge in [0.2, 0.25) is 0 Å². The van der Waals surface area contributed by atoms with E-state index in [4.69, 9.17) is 0 Å². The van der Waals surface area contributed by atoms with Crippen molar-refractivity contribution in [2.75, 3.05) is 13.1 Å². The van der Waals surface area contributed by atoms with E-state index in [2.05, 4.69) is 72.5 Å². The molecule has 0 saturated carbocycles. The van der Waals surface area contributed by atoms with Gasteiger partial charge in [-0.3, -0.25) is 4.90 Å². The highest BCUT2D eigenvalue weighted by Gasteiger charge is 2.38. The Morgan fingerprint density at radius 1 is 0.842 bits per heavy atom. The molecule has 0 aliphatic carbocycles. The lowest BCUT2D eigenvalue weighted by atomic mass is 9.76. The van der Waals surface area contributed by atoms with Crippen LogP contribution >= 0.6 is 0 Å². The van der Waals surface area contributed by atoms with Gasteiger partial charge < -0.3 is 0 Å². The highest BCUT2D eigenvalue weighted by atomic mass is 15.2. The number of hydrogen-bond donors (Lipinski definition) is 0. The zero-order valence-corrected chi connectivity index (χ0v) is 11.5. The summed E-state index contributed by atoms with van der Waals surface area (Å²) >= 11 is 0. The van der Waals surface area contributed by atoms with Gasteiger partial charge >= 0.3 is 0 Å². The van der Waals surface area contributed by atoms with E-state index in [-0.39, 0.29) is 0 Å². The third-order valence-corrected chi connectivity index (χ3v) is 3.93. The quantitative estimate of drug-likeness (QED) is 0.800. The Labute approximate surface area is 115 Å². The molecular weight excluding hydrogens is 230 g/mol. The molecule has 3 rings (SSSR count). The second-order valence-corrected chi connectivity index (χ2v) is 6.10. The van der Waals surface area contributed by atoms with Gasteiger partial charge in [-0.15, -0.1) is 0 Å². The van der Waals surface area contributed by atoms with Crippen molar-refractivity contribution >= 4 is 0 Å². The second kappa shape index (κ2) is 5.18. The molecule has 1 aliphatic heterocycles. The highest BCUT2D eigenvalue weighted by molar-refractivity contribution is 5.19. The summed E-state index contributed by atoms with van der Waals surface area (Å²) in [5.74, 6) is 0. The van der Waals surface area contributed by atoms with Crippen molar-refractivity contribution in [2.24, 2.45) is 5.41 Å². The molecule has 98 valence electrons. The smallest absolute Gasteiger partial charge is 0.0234 e. The van der Waals surface area contributed by atoms with E-state index < -0.39 is 0 Å². The predicted molar refractivity (Wildman–Crippen MR) is 80.0 cm³/mol. The molecule has 0 radical (unpaired) electrons. The summed E-state index contributed by atoms with van der Waals surface area (Å²) in [4.78, 5) is 2.54. The van der Waals surface area contributed by atoms with Crippen LogP contribution in [0.4, 0.5) is 0 Å². The van der Waals surface area contributed by atoms with Crippen LogP contribution in [0.25, 0.3) is 0 Å². The molecule has 1 aliphatic rings. The number of hydrogen-bond acceptors (Lipinski definition) is 1. The molecule has 1 fully saturated rings. The summed E-state index contributed by atoms with van der Waals surface area (Å²) in [6.07, 6.45) is 1.19. The predicted octanol–water partition coefficient (Wildman–Crippen LogP) is 3.75. The van der Waals surface area contributed by atoms with Crippen LogP contribution in [0.5, 0.6) is 0 Å². The Morgan fingerprint density at radius 2 is 1.37 bits per heavy atom. The van der Waals surface area contributed by atoms with Crippen molar-refractivity contribution in [1.29, 1.82) is 0 Å². The molecule has 1 nitrogen and oxygen atoms in total. The first-order valence-corrected chi connectivity index (χ1v) is 7.04. The van der Waals surface area contributed by atoms with Crippen LogP contribution in [0.2, 0.25) is 0 Å². The molecule has 0 aromatic heterocycles. The van der Waals surface area contributed by atoms with Gasteiger partial charge in [0, 0.05) is 19.6 Å². The Bertz CT molecular complexity index is 512. The van der Waals surface area contributed by atoms with E-state index in [1.54, 1.807) is 0 Å². The minimum Gasteiger partial charge on any atom is -0.298 e. The minimum atomic E-state index is 0.454. The van der Waals surface area contributed by atoms with Crippen LogP contribution in [0.1, 0.15) is 18.1 Å². The Hall–Kier alpha value is -1.60. The number of benzene rings is 2. The third-order valence-electron chi connectivity index (χ3n) is 3.93. The van der Waals surface area contributed by atoms with Gasteiger partial charge in [-0.25, -0.2) is 0 Å². The molecule has 1 saturated heterocycles. The van der Waals surface area contributed by atoms with Crippen molar-refractivity contribution in [1.82, 2.24) is 4.90 Å². The molecule has 0 unspecified atom stereocenters. The second-order valence-electron chi connectivity index (χ2n) is 6.10. The topological polar surface area (TPSA) is 3.24 Å². The molecule has 19 heavy (non-hydrogen) atoms. The normalized spacial score (nSPS) is 17.9. The van der Waals surface area contributed by atoms with E-state index in [0.717, 1.165) is 6.54 Å². The van der Waals surface area contributed by atoms with Crippen LogP contribution in [0.3, 0.4) is 0 Å². The van der Waals surface area contributed by atoms with Gasteiger partial charge in [0.05, 0.1) is 0 Å². The molecule has 0 amide bonds. The molecule has 0 spiro atoms. The molecule has 2 aromatic carbocycles. The lowest BCUT2D eigenvalue weighted by molar-refractivity contribution is 0.00940. The molecule has 1 heteroatoms. The molecule has 2 aromatic rings. The average molecular weight is 251 g/mol. The van der Waals surface area contributed by atoms with Crippen molar-refractivity contribution in [3.05, 3.63) is 71.8 Å². The largest absolute Gasteiger partial charge is 0.298 e. The van der Waals surface area contributed by atoms with E-state index in [9.17, 15) is 0 Å². The number of likely N-dealkylation sites (tertiary alicyclic amines) is 1. The summed E-state index contributed by atoms with van der Waals surface area (Å²) < 4.78 is 0. The zero-order valence-electron chi connectivity index (χ0n) is 11.5. The van der Waals surface area contributed by atoms with Crippen molar-refractivity contribution in [3.63, 3.8) is 0 Å². The molecule has 0 N–H and O–H groups in total. The maximum Gasteiger partial charge on any atom is 0.0234 e. The average Bonchev–Trinajstić information content (AvgIpc) is 2.39. The fourth-order valence-corrected chi connectivity index (χ4v) is 3.19. The maximum absolute atomic E-state index is 2.54. The van der Waals surface area contributed by atoms with E-state index in [1.807, 2.05) is 0 Å². The summed E-state index contributed by atoms with van der Waals surface area (Å²) in [7, 11) is 0. The van der Waals surface area contributed by atoms with Gasteiger partial charge in [0.25, 0.3) is 0 Å². The first kappa shape index (κ1) is 12.4. The third kappa shape index (κ3) is 3.05. The number of rotatable bonds is 4. The summed E-state index contributed by atoms with van der Waals surface area (Å²) in [6.45, 7) is 5.90.